The van der Waals surface area contributed by atoms with Crippen molar-refractivity contribution in [2.45, 2.75) is 24.3 Å². The molecule has 0 spiro atoms. The van der Waals surface area contributed by atoms with Gasteiger partial charge in [-0.15, -0.1) is 0 Å². The van der Waals surface area contributed by atoms with E-state index >= 15 is 0 Å². The molecule has 0 aliphatic heterocycles. The quantitative estimate of drug-likeness (QED) is 0.584. The largest absolute Gasteiger partial charge is 0.393 e. The number of aliphatic hydroxyl groups is 1. The van der Waals surface area contributed by atoms with Crippen molar-refractivity contribution in [3.05, 3.63) is 34.4 Å². The summed E-state index contributed by atoms with van der Waals surface area (Å²) in [5, 5.41) is 19.4. The maximum Gasteiger partial charge on any atom is 0.269 e. The number of sulfonamides is 1. The van der Waals surface area contributed by atoms with Gasteiger partial charge in [0.05, 0.1) is 15.9 Å². The maximum atomic E-state index is 11.7. The molecule has 7 nitrogen and oxygen atoms in total. The predicted molar refractivity (Wildman–Crippen MR) is 64.6 cm³/mol. The molecule has 18 heavy (non-hydrogen) atoms. The van der Waals surface area contributed by atoms with Crippen LogP contribution >= 0.6 is 0 Å². The summed E-state index contributed by atoms with van der Waals surface area (Å²) in [7, 11) is -3.68. The zero-order chi connectivity index (χ0) is 13.8. The second-order valence-corrected chi connectivity index (χ2v) is 5.55. The average molecular weight is 274 g/mol. The van der Waals surface area contributed by atoms with Gasteiger partial charge in [0.2, 0.25) is 10.0 Å². The van der Waals surface area contributed by atoms with Crippen LogP contribution in [0.3, 0.4) is 0 Å². The highest BCUT2D eigenvalue weighted by Gasteiger charge is 2.15. The minimum atomic E-state index is -3.68. The number of aliphatic hydroxyl groups excluding tert-OH is 1. The average Bonchev–Trinajstić information content (AvgIpc) is 2.28. The highest BCUT2D eigenvalue weighted by atomic mass is 32.2. The van der Waals surface area contributed by atoms with Gasteiger partial charge >= 0.3 is 0 Å². The van der Waals surface area contributed by atoms with Crippen LogP contribution in [0.15, 0.2) is 29.2 Å². The summed E-state index contributed by atoms with van der Waals surface area (Å²) in [5.41, 5.74) is -0.169. The first-order chi connectivity index (χ1) is 8.33. The molecule has 0 amide bonds. The van der Waals surface area contributed by atoms with E-state index in [1.54, 1.807) is 6.92 Å². The third-order valence-electron chi connectivity index (χ3n) is 2.21. The highest BCUT2D eigenvalue weighted by molar-refractivity contribution is 7.89. The fourth-order valence-electron chi connectivity index (χ4n) is 1.23. The van der Waals surface area contributed by atoms with Crippen LogP contribution in [0, 0.1) is 10.1 Å². The standard InChI is InChI=1S/C10H14N2O5S/c1-8(13)6-7-11-18(16,17)10-4-2-9(3-5-10)12(14)15/h2-5,8,11,13H,6-7H2,1H3. The highest BCUT2D eigenvalue weighted by Crippen LogP contribution is 2.15. The number of nitrogens with one attached hydrogen (secondary N) is 1. The SMILES string of the molecule is CC(O)CCNS(=O)(=O)c1ccc([N+](=O)[O-])cc1. The van der Waals surface area contributed by atoms with Gasteiger partial charge in [-0.25, -0.2) is 13.1 Å². The monoisotopic (exact) mass is 274 g/mol. The Morgan fingerprint density at radius 3 is 2.39 bits per heavy atom. The van der Waals surface area contributed by atoms with E-state index in [1.165, 1.54) is 12.1 Å². The number of hydrogen-bond acceptors (Lipinski definition) is 5. The summed E-state index contributed by atoms with van der Waals surface area (Å²) < 4.78 is 25.8. The molecule has 0 aliphatic carbocycles. The molecule has 2 N–H and O–H groups in total. The van der Waals surface area contributed by atoms with Crippen LogP contribution in [0.5, 0.6) is 0 Å². The van der Waals surface area contributed by atoms with Crippen molar-refractivity contribution >= 4 is 15.7 Å². The van der Waals surface area contributed by atoms with Gasteiger partial charge in [-0.1, -0.05) is 0 Å². The van der Waals surface area contributed by atoms with E-state index in [0.29, 0.717) is 6.42 Å². The summed E-state index contributed by atoms with van der Waals surface area (Å²) in [4.78, 5) is 9.78. The number of non-ortho nitro benzene ring substituents is 1. The van der Waals surface area contributed by atoms with Crippen LogP contribution in [0.4, 0.5) is 5.69 Å². The van der Waals surface area contributed by atoms with E-state index < -0.39 is 21.1 Å². The van der Waals surface area contributed by atoms with E-state index in [2.05, 4.69) is 4.72 Å². The van der Waals surface area contributed by atoms with Crippen molar-refractivity contribution in [1.29, 1.82) is 0 Å². The van der Waals surface area contributed by atoms with Crippen molar-refractivity contribution in [3.63, 3.8) is 0 Å². The summed E-state index contributed by atoms with van der Waals surface area (Å²) in [5.74, 6) is 0. The maximum absolute atomic E-state index is 11.7. The van der Waals surface area contributed by atoms with E-state index in [1.807, 2.05) is 0 Å². The number of benzene rings is 1. The topological polar surface area (TPSA) is 110 Å². The summed E-state index contributed by atoms with van der Waals surface area (Å²) >= 11 is 0. The second-order valence-electron chi connectivity index (χ2n) is 3.79. The Bertz CT molecular complexity index is 510. The molecule has 0 saturated carbocycles. The molecular weight excluding hydrogens is 260 g/mol. The van der Waals surface area contributed by atoms with Gasteiger partial charge < -0.3 is 5.11 Å². The third kappa shape index (κ3) is 4.06. The molecule has 1 aromatic rings. The zero-order valence-corrected chi connectivity index (χ0v) is 10.6. The molecule has 0 saturated heterocycles. The summed E-state index contributed by atoms with van der Waals surface area (Å²) in [6.07, 6.45) is -0.295. The first kappa shape index (κ1) is 14.6. The number of hydrogen-bond donors (Lipinski definition) is 2. The van der Waals surface area contributed by atoms with Gasteiger partial charge in [-0.2, -0.15) is 0 Å². The van der Waals surface area contributed by atoms with Gasteiger partial charge in [0, 0.05) is 18.7 Å². The van der Waals surface area contributed by atoms with Crippen molar-refractivity contribution < 1.29 is 18.4 Å². The Morgan fingerprint density at radius 1 is 1.39 bits per heavy atom. The van der Waals surface area contributed by atoms with E-state index in [-0.39, 0.29) is 17.1 Å². The Hall–Kier alpha value is -1.51. The second kappa shape index (κ2) is 5.89. The molecule has 0 bridgehead atoms. The van der Waals surface area contributed by atoms with E-state index in [9.17, 15) is 18.5 Å². The molecule has 0 fully saturated rings. The summed E-state index contributed by atoms with van der Waals surface area (Å²) in [6.45, 7) is 1.66. The molecule has 1 aromatic carbocycles. The van der Waals surface area contributed by atoms with Crippen molar-refractivity contribution in [2.24, 2.45) is 0 Å². The van der Waals surface area contributed by atoms with Gasteiger partial charge in [0.25, 0.3) is 5.69 Å². The molecule has 1 atom stereocenters. The van der Waals surface area contributed by atoms with E-state index in [0.717, 1.165) is 12.1 Å². The molecule has 8 heteroatoms. The van der Waals surface area contributed by atoms with Crippen molar-refractivity contribution in [2.75, 3.05) is 6.54 Å². The Morgan fingerprint density at radius 2 is 1.94 bits per heavy atom. The molecular formula is C10H14N2O5S. The van der Waals surface area contributed by atoms with Gasteiger partial charge in [-0.3, -0.25) is 10.1 Å². The molecule has 0 radical (unpaired) electrons. The smallest absolute Gasteiger partial charge is 0.269 e. The van der Waals surface area contributed by atoms with Crippen LogP contribution in [0.1, 0.15) is 13.3 Å². The van der Waals surface area contributed by atoms with Gasteiger partial charge in [-0.05, 0) is 25.5 Å². The minimum absolute atomic E-state index is 0.0429. The fraction of sp³-hybridized carbons (Fsp3) is 0.400. The Balaban J connectivity index is 2.76. The molecule has 0 heterocycles. The normalized spacial score (nSPS) is 13.2. The lowest BCUT2D eigenvalue weighted by Crippen LogP contribution is -2.26. The summed E-state index contributed by atoms with van der Waals surface area (Å²) in [6, 6.07) is 4.60. The lowest BCUT2D eigenvalue weighted by molar-refractivity contribution is -0.384. The third-order valence-corrected chi connectivity index (χ3v) is 3.69. The van der Waals surface area contributed by atoms with Crippen LogP contribution < -0.4 is 4.72 Å². The number of nitrogens with zero attached hydrogens (tertiary/aromatic N) is 1. The lowest BCUT2D eigenvalue weighted by Gasteiger charge is -2.07. The van der Waals surface area contributed by atoms with Crippen molar-refractivity contribution in [1.82, 2.24) is 4.72 Å². The fourth-order valence-corrected chi connectivity index (χ4v) is 2.28. The predicted octanol–water partition coefficient (Wildman–Crippen LogP) is 0.644. The number of rotatable bonds is 6. The van der Waals surface area contributed by atoms with Crippen LogP contribution in [-0.2, 0) is 10.0 Å². The molecule has 1 unspecified atom stereocenters. The molecule has 1 rings (SSSR count). The van der Waals surface area contributed by atoms with Crippen molar-refractivity contribution in [3.8, 4) is 0 Å². The van der Waals surface area contributed by atoms with E-state index in [4.69, 9.17) is 5.11 Å². The Kier molecular flexibility index (Phi) is 4.76. The minimum Gasteiger partial charge on any atom is -0.393 e. The molecule has 0 aromatic heterocycles. The zero-order valence-electron chi connectivity index (χ0n) is 9.74. The molecule has 0 aliphatic rings. The van der Waals surface area contributed by atoms with Crippen LogP contribution in [0.25, 0.3) is 0 Å². The first-order valence-electron chi connectivity index (χ1n) is 5.25. The molecule has 100 valence electrons. The number of nitro benzene ring substituents is 1. The first-order valence-corrected chi connectivity index (χ1v) is 6.73. The number of nitro groups is 1. The van der Waals surface area contributed by atoms with Crippen LogP contribution in [-0.4, -0.2) is 31.1 Å². The van der Waals surface area contributed by atoms with Crippen LogP contribution in [0.2, 0.25) is 0 Å². The lowest BCUT2D eigenvalue weighted by atomic mass is 10.3. The Labute approximate surface area is 105 Å². The van der Waals surface area contributed by atoms with Gasteiger partial charge in [0.15, 0.2) is 0 Å². The van der Waals surface area contributed by atoms with Gasteiger partial charge in [0.1, 0.15) is 0 Å².